The van der Waals surface area contributed by atoms with Crippen LogP contribution in [-0.4, -0.2) is 75.3 Å². The molecule has 2 aliphatic rings. The van der Waals surface area contributed by atoms with Crippen LogP contribution in [0, 0.1) is 12.3 Å². The molecule has 4 rings (SSSR count). The van der Waals surface area contributed by atoms with Crippen molar-refractivity contribution in [3.8, 4) is 0 Å². The smallest absolute Gasteiger partial charge is 0.276 e. The van der Waals surface area contributed by atoms with Crippen LogP contribution in [0.4, 0.5) is 0 Å². The van der Waals surface area contributed by atoms with Crippen molar-refractivity contribution in [2.24, 2.45) is 5.41 Å². The number of hydrogen-bond donors (Lipinski definition) is 1. The summed E-state index contributed by atoms with van der Waals surface area (Å²) in [5.41, 5.74) is 1.37. The Morgan fingerprint density at radius 2 is 2.10 bits per heavy atom. The Labute approximate surface area is 170 Å². The summed E-state index contributed by atoms with van der Waals surface area (Å²) in [5.74, 6) is 0.539. The highest BCUT2D eigenvalue weighted by molar-refractivity contribution is 5.93. The van der Waals surface area contributed by atoms with Gasteiger partial charge in [0.05, 0.1) is 12.2 Å². The van der Waals surface area contributed by atoms with Crippen LogP contribution in [0.1, 0.15) is 42.1 Å². The van der Waals surface area contributed by atoms with Crippen LogP contribution in [0.5, 0.6) is 0 Å². The summed E-state index contributed by atoms with van der Waals surface area (Å²) < 4.78 is 7.07. The zero-order valence-corrected chi connectivity index (χ0v) is 17.4. The molecule has 1 atom stereocenters. The first-order valence-corrected chi connectivity index (χ1v) is 9.99. The number of carbonyl (C=O) groups is 2. The average Bonchev–Trinajstić information content (AvgIpc) is 3.32. The van der Waals surface area contributed by atoms with Crippen LogP contribution in [0.3, 0.4) is 0 Å². The van der Waals surface area contributed by atoms with Crippen LogP contribution in [0.2, 0.25) is 0 Å². The highest BCUT2D eigenvalue weighted by atomic mass is 16.5. The van der Waals surface area contributed by atoms with E-state index in [1.807, 2.05) is 34.0 Å². The van der Waals surface area contributed by atoms with E-state index in [2.05, 4.69) is 20.5 Å². The summed E-state index contributed by atoms with van der Waals surface area (Å²) in [6.07, 6.45) is 4.45. The van der Waals surface area contributed by atoms with Gasteiger partial charge in [0.1, 0.15) is 6.54 Å². The Bertz CT molecular complexity index is 911. The highest BCUT2D eigenvalue weighted by Crippen LogP contribution is 2.42. The van der Waals surface area contributed by atoms with Crippen LogP contribution in [-0.2, 0) is 11.3 Å². The fourth-order valence-electron chi connectivity index (χ4n) is 4.44. The SMILES string of the molecule is Cc1cnn(Cc2cc(C(=O)N3CC4(CC(C(=O)NC(C)C)N(C)C4)C3)no2)c1. The molecule has 9 heteroatoms. The minimum absolute atomic E-state index is 0.0114. The molecule has 0 aromatic carbocycles. The molecular formula is C20H28N6O3. The molecular weight excluding hydrogens is 372 g/mol. The summed E-state index contributed by atoms with van der Waals surface area (Å²) in [7, 11) is 1.98. The summed E-state index contributed by atoms with van der Waals surface area (Å²) in [6, 6.07) is 1.68. The fourth-order valence-corrected chi connectivity index (χ4v) is 4.44. The van der Waals surface area contributed by atoms with E-state index in [-0.39, 0.29) is 29.3 Å². The number of rotatable bonds is 5. The molecule has 0 radical (unpaired) electrons. The zero-order chi connectivity index (χ0) is 20.8. The predicted octanol–water partition coefficient (Wildman–Crippen LogP) is 0.899. The number of carbonyl (C=O) groups excluding carboxylic acids is 2. The van der Waals surface area contributed by atoms with Crippen molar-refractivity contribution in [3.05, 3.63) is 35.5 Å². The monoisotopic (exact) mass is 400 g/mol. The molecule has 0 aliphatic carbocycles. The third kappa shape index (κ3) is 3.91. The maximum atomic E-state index is 12.8. The molecule has 4 heterocycles. The Morgan fingerprint density at radius 1 is 1.34 bits per heavy atom. The largest absolute Gasteiger partial charge is 0.359 e. The molecule has 2 saturated heterocycles. The van der Waals surface area contributed by atoms with E-state index in [4.69, 9.17) is 4.52 Å². The van der Waals surface area contributed by atoms with E-state index < -0.39 is 0 Å². The molecule has 0 saturated carbocycles. The lowest BCUT2D eigenvalue weighted by molar-refractivity contribution is -0.125. The molecule has 2 aliphatic heterocycles. The van der Waals surface area contributed by atoms with Gasteiger partial charge in [0.2, 0.25) is 5.91 Å². The third-order valence-corrected chi connectivity index (χ3v) is 5.67. The maximum Gasteiger partial charge on any atom is 0.276 e. The van der Waals surface area contributed by atoms with Gasteiger partial charge in [0.25, 0.3) is 5.91 Å². The van der Waals surface area contributed by atoms with Gasteiger partial charge in [-0.15, -0.1) is 0 Å². The summed E-state index contributed by atoms with van der Waals surface area (Å²) in [6.45, 7) is 8.43. The van der Waals surface area contributed by atoms with E-state index >= 15 is 0 Å². The molecule has 2 aromatic rings. The van der Waals surface area contributed by atoms with Crippen molar-refractivity contribution in [1.29, 1.82) is 0 Å². The molecule has 1 spiro atoms. The van der Waals surface area contributed by atoms with Crippen LogP contribution < -0.4 is 5.32 Å². The summed E-state index contributed by atoms with van der Waals surface area (Å²) in [4.78, 5) is 29.1. The van der Waals surface area contributed by atoms with Crippen molar-refractivity contribution >= 4 is 11.8 Å². The van der Waals surface area contributed by atoms with Gasteiger partial charge in [0.15, 0.2) is 11.5 Å². The number of hydrogen-bond acceptors (Lipinski definition) is 6. The van der Waals surface area contributed by atoms with Gasteiger partial charge < -0.3 is 14.7 Å². The molecule has 0 bridgehead atoms. The Morgan fingerprint density at radius 3 is 2.76 bits per heavy atom. The van der Waals surface area contributed by atoms with E-state index in [1.54, 1.807) is 21.8 Å². The maximum absolute atomic E-state index is 12.8. The van der Waals surface area contributed by atoms with Crippen molar-refractivity contribution in [1.82, 2.24) is 30.1 Å². The van der Waals surface area contributed by atoms with E-state index in [1.165, 1.54) is 0 Å². The van der Waals surface area contributed by atoms with Gasteiger partial charge in [0, 0.05) is 43.4 Å². The topological polar surface area (TPSA) is 96.5 Å². The first kappa shape index (κ1) is 19.6. The van der Waals surface area contributed by atoms with Crippen LogP contribution in [0.15, 0.2) is 23.0 Å². The first-order chi connectivity index (χ1) is 13.7. The average molecular weight is 400 g/mol. The molecule has 2 fully saturated rings. The summed E-state index contributed by atoms with van der Waals surface area (Å²) in [5, 5.41) is 11.2. The molecule has 1 N–H and O–H groups in total. The van der Waals surface area contributed by atoms with Crippen molar-refractivity contribution in [2.75, 3.05) is 26.7 Å². The lowest BCUT2D eigenvalue weighted by atomic mass is 9.77. The number of aromatic nitrogens is 3. The third-order valence-electron chi connectivity index (χ3n) is 5.67. The van der Waals surface area contributed by atoms with Gasteiger partial charge in [-0.3, -0.25) is 19.2 Å². The number of likely N-dealkylation sites (tertiary alicyclic amines) is 2. The molecule has 9 nitrogen and oxygen atoms in total. The molecule has 1 unspecified atom stereocenters. The van der Waals surface area contributed by atoms with Gasteiger partial charge in [-0.2, -0.15) is 5.10 Å². The molecule has 156 valence electrons. The second kappa shape index (κ2) is 7.29. The second-order valence-electron chi connectivity index (χ2n) is 8.85. The molecule has 2 aromatic heterocycles. The number of nitrogens with one attached hydrogen (secondary N) is 1. The van der Waals surface area contributed by atoms with Gasteiger partial charge >= 0.3 is 0 Å². The van der Waals surface area contributed by atoms with Crippen LogP contribution in [0.25, 0.3) is 0 Å². The van der Waals surface area contributed by atoms with Gasteiger partial charge in [-0.1, -0.05) is 5.16 Å². The lowest BCUT2D eigenvalue weighted by Crippen LogP contribution is -2.59. The second-order valence-corrected chi connectivity index (χ2v) is 8.85. The lowest BCUT2D eigenvalue weighted by Gasteiger charge is -2.47. The van der Waals surface area contributed by atoms with Gasteiger partial charge in [-0.05, 0) is 39.8 Å². The number of aryl methyl sites for hydroxylation is 1. The molecule has 29 heavy (non-hydrogen) atoms. The van der Waals surface area contributed by atoms with Crippen molar-refractivity contribution < 1.29 is 14.1 Å². The standard InChI is InChI=1S/C20H28N6O3/c1-13(2)22-18(27)17-6-20(10-24(17)4)11-25(12-20)19(28)16-5-15(29-23-16)9-26-8-14(3)7-21-26/h5,7-8,13,17H,6,9-12H2,1-4H3,(H,22,27). The minimum Gasteiger partial charge on any atom is -0.359 e. The van der Waals surface area contributed by atoms with E-state index in [0.29, 0.717) is 31.1 Å². The zero-order valence-electron chi connectivity index (χ0n) is 17.4. The van der Waals surface area contributed by atoms with Gasteiger partial charge in [-0.25, -0.2) is 0 Å². The normalized spacial score (nSPS) is 21.0. The number of nitrogens with zero attached hydrogens (tertiary/aromatic N) is 5. The van der Waals surface area contributed by atoms with E-state index in [0.717, 1.165) is 18.5 Å². The number of amides is 2. The van der Waals surface area contributed by atoms with Crippen molar-refractivity contribution in [3.63, 3.8) is 0 Å². The fraction of sp³-hybridized carbons (Fsp3) is 0.600. The predicted molar refractivity (Wildman–Crippen MR) is 105 cm³/mol. The van der Waals surface area contributed by atoms with E-state index in [9.17, 15) is 9.59 Å². The molecule has 2 amide bonds. The summed E-state index contributed by atoms with van der Waals surface area (Å²) >= 11 is 0. The Hall–Kier alpha value is -2.68. The quantitative estimate of drug-likeness (QED) is 0.801. The Kier molecular flexibility index (Phi) is 4.94. The van der Waals surface area contributed by atoms with Crippen LogP contribution >= 0.6 is 0 Å². The Balaban J connectivity index is 1.34. The number of likely N-dealkylation sites (N-methyl/N-ethyl adjacent to an activating group) is 1. The van der Waals surface area contributed by atoms with Crippen molar-refractivity contribution in [2.45, 2.75) is 45.8 Å². The minimum atomic E-state index is -0.133. The highest BCUT2D eigenvalue weighted by Gasteiger charge is 2.53. The first-order valence-electron chi connectivity index (χ1n) is 9.99.